The van der Waals surface area contributed by atoms with Crippen molar-refractivity contribution in [1.82, 2.24) is 4.90 Å². The molecular formula is C23H37NO2. The monoisotopic (exact) mass is 359 g/mol. The number of hydrogen-bond acceptors (Lipinski definition) is 2. The highest BCUT2D eigenvalue weighted by molar-refractivity contribution is 5.69. The SMILES string of the molecule is CCCCCCCCc1ccc(C2CCC(N(CC)CC(=O)O)C2)cc1. The molecule has 0 saturated heterocycles. The van der Waals surface area contributed by atoms with E-state index >= 15 is 0 Å². The first kappa shape index (κ1) is 21.0. The highest BCUT2D eigenvalue weighted by atomic mass is 16.4. The van der Waals surface area contributed by atoms with Crippen LogP contribution in [-0.2, 0) is 11.2 Å². The van der Waals surface area contributed by atoms with E-state index in [1.165, 1.54) is 62.5 Å². The Balaban J connectivity index is 1.77. The van der Waals surface area contributed by atoms with Gasteiger partial charge < -0.3 is 5.11 Å². The van der Waals surface area contributed by atoms with Crippen molar-refractivity contribution < 1.29 is 9.90 Å². The zero-order valence-corrected chi connectivity index (χ0v) is 16.8. The summed E-state index contributed by atoms with van der Waals surface area (Å²) >= 11 is 0. The molecule has 2 atom stereocenters. The van der Waals surface area contributed by atoms with Crippen molar-refractivity contribution in [3.05, 3.63) is 35.4 Å². The van der Waals surface area contributed by atoms with Gasteiger partial charge in [-0.2, -0.15) is 0 Å². The topological polar surface area (TPSA) is 40.5 Å². The second-order valence-corrected chi connectivity index (χ2v) is 7.88. The molecular weight excluding hydrogens is 322 g/mol. The lowest BCUT2D eigenvalue weighted by Gasteiger charge is -2.25. The fourth-order valence-electron chi connectivity index (χ4n) is 4.33. The summed E-state index contributed by atoms with van der Waals surface area (Å²) in [5.41, 5.74) is 2.89. The first-order valence-electron chi connectivity index (χ1n) is 10.7. The predicted octanol–water partition coefficient (Wildman–Crippen LogP) is 5.63. The first-order valence-corrected chi connectivity index (χ1v) is 10.7. The Labute approximate surface area is 159 Å². The first-order chi connectivity index (χ1) is 12.6. The lowest BCUT2D eigenvalue weighted by Crippen LogP contribution is -2.37. The molecule has 1 aromatic rings. The molecule has 1 saturated carbocycles. The average Bonchev–Trinajstić information content (AvgIpc) is 3.13. The molecule has 0 radical (unpaired) electrons. The van der Waals surface area contributed by atoms with Crippen LogP contribution in [0.2, 0.25) is 0 Å². The number of carbonyl (C=O) groups is 1. The normalized spacial score (nSPS) is 20.0. The van der Waals surface area contributed by atoms with Crippen LogP contribution in [0.5, 0.6) is 0 Å². The van der Waals surface area contributed by atoms with Crippen molar-refractivity contribution in [3.63, 3.8) is 0 Å². The molecule has 0 bridgehead atoms. The third kappa shape index (κ3) is 6.75. The van der Waals surface area contributed by atoms with Crippen LogP contribution in [0.15, 0.2) is 24.3 Å². The van der Waals surface area contributed by atoms with Gasteiger partial charge in [-0.3, -0.25) is 9.69 Å². The summed E-state index contributed by atoms with van der Waals surface area (Å²) in [6, 6.07) is 9.66. The van der Waals surface area contributed by atoms with Crippen molar-refractivity contribution in [2.24, 2.45) is 0 Å². The Kier molecular flexibility index (Phi) is 9.17. The standard InChI is InChI=1S/C23H37NO2/c1-3-5-6-7-8-9-10-19-11-13-20(14-12-19)21-15-16-22(17-21)24(4-2)18-23(25)26/h11-14,21-22H,3-10,15-18H2,1-2H3,(H,25,26). The van der Waals surface area contributed by atoms with Crippen LogP contribution in [-0.4, -0.2) is 35.1 Å². The van der Waals surface area contributed by atoms with Crippen LogP contribution in [0.25, 0.3) is 0 Å². The molecule has 3 nitrogen and oxygen atoms in total. The lowest BCUT2D eigenvalue weighted by molar-refractivity contribution is -0.138. The van der Waals surface area contributed by atoms with Gasteiger partial charge in [0.2, 0.25) is 0 Å². The van der Waals surface area contributed by atoms with Crippen molar-refractivity contribution in [3.8, 4) is 0 Å². The Morgan fingerprint density at radius 3 is 2.38 bits per heavy atom. The number of likely N-dealkylation sites (N-methyl/N-ethyl adjacent to an activating group) is 1. The van der Waals surface area contributed by atoms with Crippen molar-refractivity contribution >= 4 is 5.97 Å². The van der Waals surface area contributed by atoms with Crippen molar-refractivity contribution in [1.29, 1.82) is 0 Å². The number of benzene rings is 1. The minimum atomic E-state index is -0.714. The molecule has 0 aromatic heterocycles. The van der Waals surface area contributed by atoms with Gasteiger partial charge in [0.25, 0.3) is 0 Å². The molecule has 1 N–H and O–H groups in total. The predicted molar refractivity (Wildman–Crippen MR) is 109 cm³/mol. The number of hydrogen-bond donors (Lipinski definition) is 1. The van der Waals surface area contributed by atoms with Crippen LogP contribution in [0.1, 0.15) is 88.7 Å². The van der Waals surface area contributed by atoms with Crippen LogP contribution in [0, 0.1) is 0 Å². The molecule has 2 rings (SSSR count). The quantitative estimate of drug-likeness (QED) is 0.492. The Morgan fingerprint density at radius 2 is 1.73 bits per heavy atom. The minimum absolute atomic E-state index is 0.172. The largest absolute Gasteiger partial charge is 0.480 e. The second-order valence-electron chi connectivity index (χ2n) is 7.88. The maximum Gasteiger partial charge on any atom is 0.317 e. The van der Waals surface area contributed by atoms with Crippen LogP contribution < -0.4 is 0 Å². The summed E-state index contributed by atoms with van der Waals surface area (Å²) in [7, 11) is 0. The van der Waals surface area contributed by atoms with Crippen LogP contribution >= 0.6 is 0 Å². The molecule has 1 fully saturated rings. The average molecular weight is 360 g/mol. The molecule has 0 amide bonds. The number of rotatable bonds is 12. The Morgan fingerprint density at radius 1 is 1.04 bits per heavy atom. The second kappa shape index (κ2) is 11.4. The molecule has 1 aromatic carbocycles. The van der Waals surface area contributed by atoms with E-state index in [-0.39, 0.29) is 6.54 Å². The van der Waals surface area contributed by atoms with Crippen molar-refractivity contribution in [2.45, 2.75) is 90.0 Å². The number of aryl methyl sites for hydroxylation is 1. The highest BCUT2D eigenvalue weighted by Crippen LogP contribution is 2.37. The summed E-state index contributed by atoms with van der Waals surface area (Å²) in [6.45, 7) is 5.32. The fourth-order valence-corrected chi connectivity index (χ4v) is 4.33. The van der Waals surface area contributed by atoms with Gasteiger partial charge in [-0.25, -0.2) is 0 Å². The third-order valence-corrected chi connectivity index (χ3v) is 5.94. The van der Waals surface area contributed by atoms with Crippen LogP contribution in [0.3, 0.4) is 0 Å². The van der Waals surface area contributed by atoms with Crippen LogP contribution in [0.4, 0.5) is 0 Å². The van der Waals surface area contributed by atoms with E-state index in [1.54, 1.807) is 0 Å². The third-order valence-electron chi connectivity index (χ3n) is 5.94. The number of carboxylic acid groups (broad SMARTS) is 1. The van der Waals surface area contributed by atoms with E-state index in [2.05, 4.69) is 43.0 Å². The maximum absolute atomic E-state index is 11.0. The summed E-state index contributed by atoms with van der Waals surface area (Å²) in [4.78, 5) is 13.2. The Hall–Kier alpha value is -1.35. The number of carboxylic acids is 1. The van der Waals surface area contributed by atoms with E-state index in [4.69, 9.17) is 5.11 Å². The number of unbranched alkanes of at least 4 members (excludes halogenated alkanes) is 5. The van der Waals surface area contributed by atoms with Gasteiger partial charge in [-0.05, 0) is 55.7 Å². The molecule has 146 valence electrons. The molecule has 0 heterocycles. The van der Waals surface area contributed by atoms with E-state index in [9.17, 15) is 4.79 Å². The van der Waals surface area contributed by atoms with E-state index in [1.807, 2.05) is 0 Å². The molecule has 26 heavy (non-hydrogen) atoms. The summed E-state index contributed by atoms with van der Waals surface area (Å²) in [5.74, 6) is -0.125. The summed E-state index contributed by atoms with van der Waals surface area (Å²) in [6.07, 6.45) is 12.7. The molecule has 0 aliphatic heterocycles. The molecule has 1 aliphatic rings. The highest BCUT2D eigenvalue weighted by Gasteiger charge is 2.30. The molecule has 2 unspecified atom stereocenters. The van der Waals surface area contributed by atoms with Gasteiger partial charge in [-0.1, -0.05) is 70.2 Å². The maximum atomic E-state index is 11.0. The van der Waals surface area contributed by atoms with Gasteiger partial charge in [-0.15, -0.1) is 0 Å². The molecule has 1 aliphatic carbocycles. The van der Waals surface area contributed by atoms with Gasteiger partial charge in [0.1, 0.15) is 0 Å². The summed E-state index contributed by atoms with van der Waals surface area (Å²) < 4.78 is 0. The van der Waals surface area contributed by atoms with Gasteiger partial charge in [0.15, 0.2) is 0 Å². The van der Waals surface area contributed by atoms with Gasteiger partial charge >= 0.3 is 5.97 Å². The summed E-state index contributed by atoms with van der Waals surface area (Å²) in [5, 5.41) is 9.08. The van der Waals surface area contributed by atoms with E-state index in [0.717, 1.165) is 19.4 Å². The molecule has 3 heteroatoms. The van der Waals surface area contributed by atoms with E-state index in [0.29, 0.717) is 12.0 Å². The minimum Gasteiger partial charge on any atom is -0.480 e. The van der Waals surface area contributed by atoms with Gasteiger partial charge in [0.05, 0.1) is 6.54 Å². The van der Waals surface area contributed by atoms with Gasteiger partial charge in [0, 0.05) is 6.04 Å². The lowest BCUT2D eigenvalue weighted by atomic mass is 9.95. The number of nitrogens with zero attached hydrogens (tertiary/aromatic N) is 1. The zero-order valence-electron chi connectivity index (χ0n) is 16.8. The van der Waals surface area contributed by atoms with Crippen molar-refractivity contribution in [2.75, 3.05) is 13.1 Å². The Bertz CT molecular complexity index is 526. The molecule has 0 spiro atoms. The smallest absolute Gasteiger partial charge is 0.317 e. The van der Waals surface area contributed by atoms with E-state index < -0.39 is 5.97 Å². The fraction of sp³-hybridized carbons (Fsp3) is 0.696. The number of aliphatic carboxylic acids is 1. The zero-order chi connectivity index (χ0) is 18.8.